The van der Waals surface area contributed by atoms with E-state index in [1.165, 1.54) is 31.3 Å². The van der Waals surface area contributed by atoms with Crippen LogP contribution in [0.2, 0.25) is 0 Å². The van der Waals surface area contributed by atoms with Crippen LogP contribution in [0.3, 0.4) is 0 Å². The first-order valence-electron chi connectivity index (χ1n) is 13.3. The van der Waals surface area contributed by atoms with Crippen molar-refractivity contribution in [1.29, 1.82) is 0 Å². The fourth-order valence-electron chi connectivity index (χ4n) is 4.71. The molecule has 0 amide bonds. The minimum absolute atomic E-state index is 0.148. The van der Waals surface area contributed by atoms with E-state index in [9.17, 15) is 17.2 Å². The molecule has 1 saturated heterocycles. The summed E-state index contributed by atoms with van der Waals surface area (Å²) in [6, 6.07) is 18.7. The average molecular weight is 580 g/mol. The monoisotopic (exact) mass is 579 g/mol. The van der Waals surface area contributed by atoms with Gasteiger partial charge in [-0.15, -0.1) is 0 Å². The van der Waals surface area contributed by atoms with E-state index < -0.39 is 26.6 Å². The van der Waals surface area contributed by atoms with E-state index in [2.05, 4.69) is 32.0 Å². The fraction of sp³-hybridized carbons (Fsp3) is 0.267. The van der Waals surface area contributed by atoms with E-state index in [4.69, 9.17) is 4.74 Å². The van der Waals surface area contributed by atoms with Gasteiger partial charge in [0.25, 0.3) is 10.0 Å². The topological polar surface area (TPSA) is 96.5 Å². The van der Waals surface area contributed by atoms with E-state index in [1.54, 1.807) is 18.2 Å². The van der Waals surface area contributed by atoms with Crippen molar-refractivity contribution in [3.05, 3.63) is 90.8 Å². The average Bonchev–Trinajstić information content (AvgIpc) is 2.95. The van der Waals surface area contributed by atoms with Crippen LogP contribution in [0, 0.1) is 17.6 Å². The zero-order valence-electron chi connectivity index (χ0n) is 22.6. The van der Waals surface area contributed by atoms with Crippen LogP contribution in [0.15, 0.2) is 84.0 Å². The summed E-state index contributed by atoms with van der Waals surface area (Å²) in [7, 11) is -2.28. The molecule has 1 aliphatic rings. The Kier molecular flexibility index (Phi) is 8.75. The highest BCUT2D eigenvalue weighted by molar-refractivity contribution is 7.92. The molecule has 0 aliphatic carbocycles. The molecule has 0 atom stereocenters. The SMILES string of the molecule is CN1CCC(CCOc2ccc(-c3cc(Nc4ccc(NS(=O)(=O)c5c(F)cccc5F)cc4)ncn3)cc2)CC1. The number of hydrogen-bond donors (Lipinski definition) is 2. The van der Waals surface area contributed by atoms with E-state index in [0.29, 0.717) is 18.1 Å². The lowest BCUT2D eigenvalue weighted by Crippen LogP contribution is -2.30. The molecule has 5 rings (SSSR count). The molecule has 11 heteroatoms. The van der Waals surface area contributed by atoms with Gasteiger partial charge in [0, 0.05) is 23.0 Å². The largest absolute Gasteiger partial charge is 0.494 e. The number of likely N-dealkylation sites (tertiary alicyclic amines) is 1. The minimum Gasteiger partial charge on any atom is -0.494 e. The predicted molar refractivity (Wildman–Crippen MR) is 155 cm³/mol. The number of hydrogen-bond acceptors (Lipinski definition) is 7. The Hall–Kier alpha value is -4.09. The van der Waals surface area contributed by atoms with Crippen molar-refractivity contribution in [2.45, 2.75) is 24.2 Å². The standard InChI is InChI=1S/C30H31F2N5O3S/c1-37-16-13-21(14-17-37)15-18-40-25-11-5-22(6-12-25)28-19-29(34-20-33-28)35-23-7-9-24(10-8-23)36-41(38,39)30-26(31)3-2-4-27(30)32/h2-12,19-21,36H,13-18H2,1H3,(H,33,34,35). The van der Waals surface area contributed by atoms with Gasteiger partial charge in [0.2, 0.25) is 0 Å². The number of nitrogens with one attached hydrogen (secondary N) is 2. The summed E-state index contributed by atoms with van der Waals surface area (Å²) in [6.07, 6.45) is 4.97. The molecule has 0 unspecified atom stereocenters. The van der Waals surface area contributed by atoms with Crippen LogP contribution >= 0.6 is 0 Å². The Morgan fingerprint density at radius 3 is 2.27 bits per heavy atom. The third-order valence-electron chi connectivity index (χ3n) is 7.05. The summed E-state index contributed by atoms with van der Waals surface area (Å²) < 4.78 is 61.1. The number of aromatic nitrogens is 2. The van der Waals surface area contributed by atoms with Crippen LogP contribution in [-0.2, 0) is 10.0 Å². The second-order valence-corrected chi connectivity index (χ2v) is 11.7. The Balaban J connectivity index is 1.17. The van der Waals surface area contributed by atoms with E-state index in [1.807, 2.05) is 24.3 Å². The smallest absolute Gasteiger partial charge is 0.267 e. The molecule has 2 heterocycles. The van der Waals surface area contributed by atoms with Gasteiger partial charge >= 0.3 is 0 Å². The number of benzene rings is 3. The van der Waals surface area contributed by atoms with Crippen molar-refractivity contribution in [2.24, 2.45) is 5.92 Å². The maximum atomic E-state index is 14.0. The number of anilines is 3. The maximum absolute atomic E-state index is 14.0. The van der Waals surface area contributed by atoms with Crippen molar-refractivity contribution >= 4 is 27.2 Å². The lowest BCUT2D eigenvalue weighted by atomic mass is 9.94. The van der Waals surface area contributed by atoms with Gasteiger partial charge in [-0.3, -0.25) is 4.72 Å². The first-order chi connectivity index (χ1) is 19.8. The molecule has 0 radical (unpaired) electrons. The molecule has 1 fully saturated rings. The minimum atomic E-state index is -4.45. The molecule has 3 aromatic carbocycles. The predicted octanol–water partition coefficient (Wildman–Crippen LogP) is 6.08. The van der Waals surface area contributed by atoms with Gasteiger partial charge in [-0.1, -0.05) is 6.07 Å². The highest BCUT2D eigenvalue weighted by Crippen LogP contribution is 2.26. The Bertz CT molecular complexity index is 1560. The molecular formula is C30H31F2N5O3S. The van der Waals surface area contributed by atoms with Crippen LogP contribution in [0.4, 0.5) is 26.0 Å². The second-order valence-electron chi connectivity index (χ2n) is 10.1. The molecule has 4 aromatic rings. The first kappa shape index (κ1) is 28.4. The van der Waals surface area contributed by atoms with Gasteiger partial charge in [0.15, 0.2) is 4.90 Å². The molecule has 1 aliphatic heterocycles. The summed E-state index contributed by atoms with van der Waals surface area (Å²) in [6.45, 7) is 3.01. The van der Waals surface area contributed by atoms with Crippen LogP contribution in [-0.4, -0.2) is 50.0 Å². The molecule has 2 N–H and O–H groups in total. The van der Waals surface area contributed by atoms with Crippen LogP contribution in [0.5, 0.6) is 5.75 Å². The number of piperidine rings is 1. The number of nitrogens with zero attached hydrogens (tertiary/aromatic N) is 3. The van der Waals surface area contributed by atoms with Gasteiger partial charge in [-0.2, -0.15) is 0 Å². The molecule has 0 spiro atoms. The Morgan fingerprint density at radius 1 is 0.927 bits per heavy atom. The van der Waals surface area contributed by atoms with Crippen LogP contribution in [0.25, 0.3) is 11.3 Å². The third-order valence-corrected chi connectivity index (χ3v) is 8.48. The fourth-order valence-corrected chi connectivity index (χ4v) is 5.91. The highest BCUT2D eigenvalue weighted by Gasteiger charge is 2.24. The Morgan fingerprint density at radius 2 is 1.59 bits per heavy atom. The van der Waals surface area contributed by atoms with Gasteiger partial charge in [-0.05, 0) is 106 Å². The molecule has 41 heavy (non-hydrogen) atoms. The molecule has 0 bridgehead atoms. The maximum Gasteiger partial charge on any atom is 0.267 e. The van der Waals surface area contributed by atoms with E-state index in [-0.39, 0.29) is 5.69 Å². The van der Waals surface area contributed by atoms with Crippen LogP contribution in [0.1, 0.15) is 19.3 Å². The normalized spacial score (nSPS) is 14.5. The van der Waals surface area contributed by atoms with Crippen molar-refractivity contribution in [3.8, 4) is 17.0 Å². The number of rotatable bonds is 10. The third kappa shape index (κ3) is 7.36. The number of sulfonamides is 1. The summed E-state index contributed by atoms with van der Waals surface area (Å²) in [5.41, 5.74) is 2.40. The van der Waals surface area contributed by atoms with Gasteiger partial charge in [0.05, 0.1) is 12.3 Å². The van der Waals surface area contributed by atoms with E-state index >= 15 is 0 Å². The van der Waals surface area contributed by atoms with Gasteiger partial charge in [0.1, 0.15) is 29.5 Å². The highest BCUT2D eigenvalue weighted by atomic mass is 32.2. The number of halogens is 2. The van der Waals surface area contributed by atoms with Gasteiger partial charge in [-0.25, -0.2) is 27.2 Å². The molecular weight excluding hydrogens is 548 g/mol. The summed E-state index contributed by atoms with van der Waals surface area (Å²) >= 11 is 0. The van der Waals surface area contributed by atoms with Crippen molar-refractivity contribution in [3.63, 3.8) is 0 Å². The zero-order valence-corrected chi connectivity index (χ0v) is 23.4. The molecule has 1 aromatic heterocycles. The lowest BCUT2D eigenvalue weighted by molar-refractivity contribution is 0.187. The van der Waals surface area contributed by atoms with Crippen LogP contribution < -0.4 is 14.8 Å². The first-order valence-corrected chi connectivity index (χ1v) is 14.8. The van der Waals surface area contributed by atoms with E-state index in [0.717, 1.165) is 60.6 Å². The summed E-state index contributed by atoms with van der Waals surface area (Å²) in [4.78, 5) is 9.98. The zero-order chi connectivity index (χ0) is 28.8. The quantitative estimate of drug-likeness (QED) is 0.235. The number of ether oxygens (including phenoxy) is 1. The lowest BCUT2D eigenvalue weighted by Gasteiger charge is -2.28. The van der Waals surface area contributed by atoms with Crippen molar-refractivity contribution in [1.82, 2.24) is 14.9 Å². The summed E-state index contributed by atoms with van der Waals surface area (Å²) in [5, 5.41) is 3.15. The van der Waals surface area contributed by atoms with Crippen molar-refractivity contribution < 1.29 is 21.9 Å². The van der Waals surface area contributed by atoms with Gasteiger partial charge < -0.3 is 15.0 Å². The molecule has 8 nitrogen and oxygen atoms in total. The molecule has 0 saturated carbocycles. The Labute approximate surface area is 238 Å². The summed E-state index contributed by atoms with van der Waals surface area (Å²) in [5.74, 6) is -0.250. The van der Waals surface area contributed by atoms with Crippen molar-refractivity contribution in [2.75, 3.05) is 36.8 Å². The second kappa shape index (κ2) is 12.6. The molecule has 214 valence electrons.